The van der Waals surface area contributed by atoms with Crippen molar-refractivity contribution in [2.24, 2.45) is 5.41 Å². The minimum absolute atomic E-state index is 0.217. The number of hydrogen-bond donors (Lipinski definition) is 1. The number of thiol groups is 1. The van der Waals surface area contributed by atoms with Crippen LogP contribution < -0.4 is 0 Å². The van der Waals surface area contributed by atoms with Crippen molar-refractivity contribution in [2.75, 3.05) is 0 Å². The van der Waals surface area contributed by atoms with Crippen LogP contribution in [-0.2, 0) is 0 Å². The van der Waals surface area contributed by atoms with Crippen LogP contribution in [-0.4, -0.2) is 0 Å². The summed E-state index contributed by atoms with van der Waals surface area (Å²) in [5, 5.41) is 8.47. The molecule has 0 aliphatic carbocycles. The number of hydrogen-bond acceptors (Lipinski definition) is 2. The topological polar surface area (TPSA) is 23.8 Å². The van der Waals surface area contributed by atoms with E-state index in [0.29, 0.717) is 6.42 Å². The van der Waals surface area contributed by atoms with Gasteiger partial charge in [0.05, 0.1) is 6.07 Å². The third kappa shape index (κ3) is 8.19. The highest BCUT2D eigenvalue weighted by Gasteiger charge is 2.21. The molecule has 0 fully saturated rings. The van der Waals surface area contributed by atoms with E-state index in [9.17, 15) is 0 Å². The minimum Gasteiger partial charge on any atom is -0.198 e. The number of rotatable bonds is 5. The van der Waals surface area contributed by atoms with Crippen LogP contribution in [0, 0.1) is 16.7 Å². The monoisotopic (exact) mass is 213 g/mol. The van der Waals surface area contributed by atoms with E-state index in [1.165, 1.54) is 0 Å². The summed E-state index contributed by atoms with van der Waals surface area (Å²) in [7, 11) is 0. The number of allylic oxidation sites excluding steroid dienone is 1. The van der Waals surface area contributed by atoms with E-state index in [1.807, 2.05) is 13.8 Å². The lowest BCUT2D eigenvalue weighted by molar-refractivity contribution is 0.290. The molecule has 0 aromatic heterocycles. The average Bonchev–Trinajstić information content (AvgIpc) is 2.17. The van der Waals surface area contributed by atoms with Gasteiger partial charge in [0.15, 0.2) is 0 Å². The van der Waals surface area contributed by atoms with Gasteiger partial charge in [-0.2, -0.15) is 5.26 Å². The maximum Gasteiger partial charge on any atom is 0.0621 e. The summed E-state index contributed by atoms with van der Waals surface area (Å²) >= 11 is 4.19. The summed E-state index contributed by atoms with van der Waals surface area (Å²) < 4.78 is 0. The predicted octanol–water partition coefficient (Wildman–Crippen LogP) is 4.57. The fraction of sp³-hybridized carbons (Fsp3) is 0.750. The molecule has 0 aromatic rings. The Hall–Kier alpha value is -0.420. The van der Waals surface area contributed by atoms with Gasteiger partial charge in [0.25, 0.3) is 0 Å². The predicted molar refractivity (Wildman–Crippen MR) is 67.3 cm³/mol. The van der Waals surface area contributed by atoms with Crippen LogP contribution in [0.15, 0.2) is 11.5 Å². The van der Waals surface area contributed by atoms with Gasteiger partial charge in [-0.05, 0) is 23.2 Å². The lowest BCUT2D eigenvalue weighted by Crippen LogP contribution is -2.14. The van der Waals surface area contributed by atoms with Crippen LogP contribution in [0.5, 0.6) is 0 Å². The van der Waals surface area contributed by atoms with Gasteiger partial charge < -0.3 is 0 Å². The normalized spacial score (nSPS) is 13.1. The number of nitriles is 1. The molecule has 0 saturated heterocycles. The Kier molecular flexibility index (Phi) is 10.5. The summed E-state index contributed by atoms with van der Waals surface area (Å²) in [6.45, 7) is 12.1. The Morgan fingerprint density at radius 2 is 2.00 bits per heavy atom. The van der Waals surface area contributed by atoms with Crippen molar-refractivity contribution >= 4 is 12.6 Å². The zero-order valence-electron chi connectivity index (χ0n) is 9.93. The van der Waals surface area contributed by atoms with Crippen molar-refractivity contribution in [1.82, 2.24) is 0 Å². The quantitative estimate of drug-likeness (QED) is 0.665. The van der Waals surface area contributed by atoms with Crippen LogP contribution in [0.25, 0.3) is 0 Å². The van der Waals surface area contributed by atoms with Crippen molar-refractivity contribution in [2.45, 2.75) is 53.4 Å². The molecule has 0 aromatic carbocycles. The third-order valence-corrected chi connectivity index (χ3v) is 2.48. The molecule has 0 radical (unpaired) electrons. The zero-order chi connectivity index (χ0) is 11.6. The molecule has 2 heteroatoms. The largest absolute Gasteiger partial charge is 0.198 e. The fourth-order valence-electron chi connectivity index (χ4n) is 1.24. The number of nitrogens with zero attached hydrogens (tertiary/aromatic N) is 1. The second-order valence-corrected chi connectivity index (χ2v) is 4.20. The Bertz CT molecular complexity index is 193. The molecule has 0 amide bonds. The molecular formula is C12H23NS. The molecule has 14 heavy (non-hydrogen) atoms. The molecule has 0 heterocycles. The average molecular weight is 213 g/mol. The smallest absolute Gasteiger partial charge is 0.0621 e. The first-order valence-corrected chi connectivity index (χ1v) is 5.72. The van der Waals surface area contributed by atoms with E-state index in [4.69, 9.17) is 5.26 Å². The highest BCUT2D eigenvalue weighted by atomic mass is 32.1. The van der Waals surface area contributed by atoms with Crippen molar-refractivity contribution in [3.05, 3.63) is 11.5 Å². The van der Waals surface area contributed by atoms with Gasteiger partial charge in [0.1, 0.15) is 0 Å². The molecular weight excluding hydrogens is 190 g/mol. The van der Waals surface area contributed by atoms with Crippen LogP contribution in [0.1, 0.15) is 53.4 Å². The minimum atomic E-state index is 0.217. The summed E-state index contributed by atoms with van der Waals surface area (Å²) in [5.41, 5.74) is 0.217. The van der Waals surface area contributed by atoms with Gasteiger partial charge in [0.2, 0.25) is 0 Å². The molecule has 0 bridgehead atoms. The van der Waals surface area contributed by atoms with Gasteiger partial charge >= 0.3 is 0 Å². The molecule has 1 atom stereocenters. The maximum absolute atomic E-state index is 8.47. The summed E-state index contributed by atoms with van der Waals surface area (Å²) in [6, 6.07) is 2.18. The first-order valence-electron chi connectivity index (χ1n) is 5.28. The molecule has 0 N–H and O–H groups in total. The first kappa shape index (κ1) is 16.0. The first-order chi connectivity index (χ1) is 6.54. The van der Waals surface area contributed by atoms with Gasteiger partial charge in [-0.1, -0.05) is 40.7 Å². The maximum atomic E-state index is 8.47. The van der Waals surface area contributed by atoms with E-state index >= 15 is 0 Å². The highest BCUT2D eigenvalue weighted by molar-refractivity contribution is 7.84. The summed E-state index contributed by atoms with van der Waals surface area (Å²) in [4.78, 5) is 0.914. The lowest BCUT2D eigenvalue weighted by Gasteiger charge is -2.26. The van der Waals surface area contributed by atoms with E-state index in [0.717, 1.165) is 24.2 Å². The van der Waals surface area contributed by atoms with E-state index in [-0.39, 0.29) is 5.41 Å². The molecule has 0 spiro atoms. The van der Waals surface area contributed by atoms with Crippen LogP contribution in [0.3, 0.4) is 0 Å². The van der Waals surface area contributed by atoms with E-state index < -0.39 is 0 Å². The molecule has 82 valence electrons. The van der Waals surface area contributed by atoms with Crippen LogP contribution >= 0.6 is 12.6 Å². The summed E-state index contributed by atoms with van der Waals surface area (Å²) in [6.07, 6.45) is 3.56. The molecule has 0 aliphatic heterocycles. The fourth-order valence-corrected chi connectivity index (χ4v) is 1.62. The summed E-state index contributed by atoms with van der Waals surface area (Å²) in [5.74, 6) is 0. The van der Waals surface area contributed by atoms with Crippen molar-refractivity contribution < 1.29 is 0 Å². The molecule has 0 rings (SSSR count). The van der Waals surface area contributed by atoms with Gasteiger partial charge in [-0.25, -0.2) is 0 Å². The molecule has 1 nitrogen and oxygen atoms in total. The highest BCUT2D eigenvalue weighted by Crippen LogP contribution is 2.34. The second kappa shape index (κ2) is 9.15. The molecule has 1 unspecified atom stereocenters. The molecule has 0 aliphatic rings. The lowest BCUT2D eigenvalue weighted by atomic mass is 9.80. The van der Waals surface area contributed by atoms with Crippen molar-refractivity contribution in [3.63, 3.8) is 0 Å². The van der Waals surface area contributed by atoms with Gasteiger partial charge in [-0.15, -0.1) is 12.6 Å². The van der Waals surface area contributed by atoms with Crippen LogP contribution in [0.4, 0.5) is 0 Å². The zero-order valence-corrected chi connectivity index (χ0v) is 10.8. The van der Waals surface area contributed by atoms with Crippen molar-refractivity contribution in [1.29, 1.82) is 5.26 Å². The Balaban J connectivity index is 0. The van der Waals surface area contributed by atoms with Gasteiger partial charge in [0, 0.05) is 6.42 Å². The Morgan fingerprint density at radius 3 is 2.29 bits per heavy atom. The van der Waals surface area contributed by atoms with E-state index in [1.54, 1.807) is 0 Å². The van der Waals surface area contributed by atoms with Gasteiger partial charge in [-0.3, -0.25) is 0 Å². The SMILES string of the molecule is C=C(S)CC(C)(CC)CCC#N.CC. The molecule has 0 saturated carbocycles. The van der Waals surface area contributed by atoms with E-state index in [2.05, 4.69) is 39.1 Å². The van der Waals surface area contributed by atoms with Crippen molar-refractivity contribution in [3.8, 4) is 6.07 Å². The Labute approximate surface area is 94.6 Å². The Morgan fingerprint density at radius 1 is 1.50 bits per heavy atom. The van der Waals surface area contributed by atoms with Crippen LogP contribution in [0.2, 0.25) is 0 Å². The third-order valence-electron chi connectivity index (χ3n) is 2.32. The second-order valence-electron chi connectivity index (χ2n) is 3.57. The standard InChI is InChI=1S/C10H17NS.C2H6/c1-4-10(3,6-5-7-11)8-9(2)12;1-2/h12H,2,4-6,8H2,1,3H3;1-2H3.